The maximum Gasteiger partial charge on any atom is 0.258 e. The lowest BCUT2D eigenvalue weighted by Gasteiger charge is -2.06. The van der Waals surface area contributed by atoms with Gasteiger partial charge in [-0.1, -0.05) is 17.7 Å². The molecule has 4 aromatic rings. The minimum Gasteiger partial charge on any atom is -0.436 e. The van der Waals surface area contributed by atoms with Crippen molar-refractivity contribution < 1.29 is 9.21 Å². The monoisotopic (exact) mass is 363 g/mol. The standard InChI is InChI=1S/C20H14ClN3O2/c1-12-4-9-16-17(11-12)26-20(24-16)13-5-7-14(8-6-13)23-19(25)15-3-2-10-22-18(15)21/h2-11H,1H3,(H,23,25). The van der Waals surface area contributed by atoms with Crippen LogP contribution >= 0.6 is 11.6 Å². The van der Waals surface area contributed by atoms with Gasteiger partial charge in [-0.3, -0.25) is 4.79 Å². The summed E-state index contributed by atoms with van der Waals surface area (Å²) in [6.07, 6.45) is 1.54. The second-order valence-corrected chi connectivity index (χ2v) is 6.22. The average Bonchev–Trinajstić information content (AvgIpc) is 3.05. The molecular formula is C20H14ClN3O2. The Morgan fingerprint density at radius 3 is 2.69 bits per heavy atom. The molecule has 0 fully saturated rings. The Hall–Kier alpha value is -3.18. The number of hydrogen-bond acceptors (Lipinski definition) is 4. The van der Waals surface area contributed by atoms with Crippen LogP contribution in [0.2, 0.25) is 5.15 Å². The highest BCUT2D eigenvalue weighted by molar-refractivity contribution is 6.33. The van der Waals surface area contributed by atoms with Crippen LogP contribution in [0.5, 0.6) is 0 Å². The lowest BCUT2D eigenvalue weighted by molar-refractivity contribution is 0.102. The molecular weight excluding hydrogens is 350 g/mol. The summed E-state index contributed by atoms with van der Waals surface area (Å²) < 4.78 is 5.82. The zero-order chi connectivity index (χ0) is 18.1. The predicted molar refractivity (Wildman–Crippen MR) is 101 cm³/mol. The first-order chi connectivity index (χ1) is 12.6. The Kier molecular flexibility index (Phi) is 4.14. The van der Waals surface area contributed by atoms with Crippen molar-refractivity contribution in [3.63, 3.8) is 0 Å². The minimum atomic E-state index is -0.312. The summed E-state index contributed by atoms with van der Waals surface area (Å²) >= 11 is 5.95. The summed E-state index contributed by atoms with van der Waals surface area (Å²) in [5.41, 5.74) is 4.49. The number of benzene rings is 2. The van der Waals surface area contributed by atoms with Gasteiger partial charge in [-0.15, -0.1) is 0 Å². The lowest BCUT2D eigenvalue weighted by atomic mass is 10.2. The van der Waals surface area contributed by atoms with Crippen molar-refractivity contribution in [3.05, 3.63) is 77.1 Å². The second-order valence-electron chi connectivity index (χ2n) is 5.86. The van der Waals surface area contributed by atoms with Gasteiger partial charge in [-0.2, -0.15) is 0 Å². The highest BCUT2D eigenvalue weighted by atomic mass is 35.5. The van der Waals surface area contributed by atoms with Crippen LogP contribution in [0.15, 0.2) is 65.2 Å². The van der Waals surface area contributed by atoms with Crippen LogP contribution in [-0.2, 0) is 0 Å². The van der Waals surface area contributed by atoms with E-state index in [9.17, 15) is 4.79 Å². The molecule has 0 saturated heterocycles. The molecule has 2 aromatic heterocycles. The smallest absolute Gasteiger partial charge is 0.258 e. The molecule has 0 bridgehead atoms. The number of amides is 1. The number of aromatic nitrogens is 2. The van der Waals surface area contributed by atoms with Crippen LogP contribution in [0.25, 0.3) is 22.6 Å². The molecule has 0 unspecified atom stereocenters. The molecule has 0 aliphatic carbocycles. The normalized spacial score (nSPS) is 10.8. The molecule has 1 N–H and O–H groups in total. The van der Waals surface area contributed by atoms with Crippen molar-refractivity contribution in [3.8, 4) is 11.5 Å². The molecule has 4 rings (SSSR count). The molecule has 1 amide bonds. The topological polar surface area (TPSA) is 68.0 Å². The number of oxazole rings is 1. The Morgan fingerprint density at radius 1 is 1.12 bits per heavy atom. The summed E-state index contributed by atoms with van der Waals surface area (Å²) in [5.74, 6) is 0.229. The van der Waals surface area contributed by atoms with E-state index in [1.165, 1.54) is 6.20 Å². The number of halogens is 1. The molecule has 0 spiro atoms. The number of nitrogens with one attached hydrogen (secondary N) is 1. The molecule has 0 saturated carbocycles. The first-order valence-corrected chi connectivity index (χ1v) is 8.37. The Bertz CT molecular complexity index is 1100. The summed E-state index contributed by atoms with van der Waals surface area (Å²) in [4.78, 5) is 20.7. The first kappa shape index (κ1) is 16.3. The van der Waals surface area contributed by atoms with Crippen molar-refractivity contribution >= 4 is 34.3 Å². The third-order valence-corrected chi connectivity index (χ3v) is 4.24. The summed E-state index contributed by atoms with van der Waals surface area (Å²) in [7, 11) is 0. The van der Waals surface area contributed by atoms with E-state index in [1.807, 2.05) is 37.3 Å². The summed E-state index contributed by atoms with van der Waals surface area (Å²) in [6.45, 7) is 2.01. The summed E-state index contributed by atoms with van der Waals surface area (Å²) in [5, 5.41) is 2.97. The van der Waals surface area contributed by atoms with E-state index in [0.29, 0.717) is 17.1 Å². The van der Waals surface area contributed by atoms with Crippen molar-refractivity contribution in [2.24, 2.45) is 0 Å². The van der Waals surface area contributed by atoms with Crippen LogP contribution in [0.1, 0.15) is 15.9 Å². The molecule has 26 heavy (non-hydrogen) atoms. The van der Waals surface area contributed by atoms with E-state index in [-0.39, 0.29) is 11.1 Å². The molecule has 6 heteroatoms. The van der Waals surface area contributed by atoms with Crippen LogP contribution < -0.4 is 5.32 Å². The Morgan fingerprint density at radius 2 is 1.92 bits per heavy atom. The van der Waals surface area contributed by atoms with Crippen molar-refractivity contribution in [1.29, 1.82) is 0 Å². The van der Waals surface area contributed by atoms with E-state index in [1.54, 1.807) is 24.3 Å². The SMILES string of the molecule is Cc1ccc2nc(-c3ccc(NC(=O)c4cccnc4Cl)cc3)oc2c1. The quantitative estimate of drug-likeness (QED) is 0.514. The van der Waals surface area contributed by atoms with Gasteiger partial charge in [0.05, 0.1) is 5.56 Å². The zero-order valence-electron chi connectivity index (χ0n) is 13.9. The third kappa shape index (κ3) is 3.17. The second kappa shape index (κ2) is 6.61. The molecule has 0 aliphatic heterocycles. The fourth-order valence-electron chi connectivity index (χ4n) is 2.61. The molecule has 0 aliphatic rings. The number of rotatable bonds is 3. The number of hydrogen-bond donors (Lipinski definition) is 1. The number of nitrogens with zero attached hydrogens (tertiary/aromatic N) is 2. The highest BCUT2D eigenvalue weighted by Crippen LogP contribution is 2.26. The average molecular weight is 364 g/mol. The van der Waals surface area contributed by atoms with Gasteiger partial charge in [0.15, 0.2) is 5.58 Å². The van der Waals surface area contributed by atoms with Gasteiger partial charge in [0.1, 0.15) is 10.7 Å². The fourth-order valence-corrected chi connectivity index (χ4v) is 2.81. The van der Waals surface area contributed by atoms with E-state index in [4.69, 9.17) is 16.0 Å². The van der Waals surface area contributed by atoms with Gasteiger partial charge >= 0.3 is 0 Å². The van der Waals surface area contributed by atoms with Crippen LogP contribution in [0.3, 0.4) is 0 Å². The number of carbonyl (C=O) groups is 1. The van der Waals surface area contributed by atoms with Crippen molar-refractivity contribution in [2.45, 2.75) is 6.92 Å². The van der Waals surface area contributed by atoms with E-state index in [2.05, 4.69) is 15.3 Å². The van der Waals surface area contributed by atoms with Gasteiger partial charge in [-0.25, -0.2) is 9.97 Å². The fraction of sp³-hybridized carbons (Fsp3) is 0.0500. The summed E-state index contributed by atoms with van der Waals surface area (Å²) in [6, 6.07) is 16.4. The van der Waals surface area contributed by atoms with Crippen molar-refractivity contribution in [2.75, 3.05) is 5.32 Å². The Balaban J connectivity index is 1.56. The Labute approximate surface area is 154 Å². The first-order valence-electron chi connectivity index (χ1n) is 8.00. The largest absolute Gasteiger partial charge is 0.436 e. The molecule has 2 heterocycles. The van der Waals surface area contributed by atoms with Gasteiger partial charge in [0.2, 0.25) is 5.89 Å². The lowest BCUT2D eigenvalue weighted by Crippen LogP contribution is -2.12. The van der Waals surface area contributed by atoms with E-state index < -0.39 is 0 Å². The number of aryl methyl sites for hydroxylation is 1. The molecule has 5 nitrogen and oxygen atoms in total. The van der Waals surface area contributed by atoms with Gasteiger partial charge in [-0.05, 0) is 61.0 Å². The molecule has 2 aromatic carbocycles. The molecule has 0 radical (unpaired) electrons. The van der Waals surface area contributed by atoms with Crippen LogP contribution in [0.4, 0.5) is 5.69 Å². The number of fused-ring (bicyclic) bond motifs is 1. The highest BCUT2D eigenvalue weighted by Gasteiger charge is 2.12. The maximum atomic E-state index is 12.3. The third-order valence-electron chi connectivity index (χ3n) is 3.94. The van der Waals surface area contributed by atoms with Gasteiger partial charge in [0, 0.05) is 17.4 Å². The van der Waals surface area contributed by atoms with Gasteiger partial charge in [0.25, 0.3) is 5.91 Å². The molecule has 0 atom stereocenters. The van der Waals surface area contributed by atoms with Crippen molar-refractivity contribution in [1.82, 2.24) is 9.97 Å². The maximum absolute atomic E-state index is 12.3. The minimum absolute atomic E-state index is 0.170. The van der Waals surface area contributed by atoms with E-state index >= 15 is 0 Å². The van der Waals surface area contributed by atoms with Crippen LogP contribution in [-0.4, -0.2) is 15.9 Å². The van der Waals surface area contributed by atoms with Crippen LogP contribution in [0, 0.1) is 6.92 Å². The van der Waals surface area contributed by atoms with Gasteiger partial charge < -0.3 is 9.73 Å². The number of anilines is 1. The molecule has 128 valence electrons. The van der Waals surface area contributed by atoms with E-state index in [0.717, 1.165) is 22.2 Å². The number of carbonyl (C=O) groups excluding carboxylic acids is 1. The number of pyridine rings is 1. The predicted octanol–water partition coefficient (Wildman–Crippen LogP) is 5.10. The zero-order valence-corrected chi connectivity index (χ0v) is 14.6.